The number of aromatic carboxylic acids is 1. The molecule has 0 saturated heterocycles. The first-order valence-corrected chi connectivity index (χ1v) is 6.42. The van der Waals surface area contributed by atoms with Gasteiger partial charge in [0.15, 0.2) is 0 Å². The summed E-state index contributed by atoms with van der Waals surface area (Å²) in [7, 11) is 1.62. The molecular weight excluding hydrogens is 268 g/mol. The molecule has 2 amide bonds. The summed E-state index contributed by atoms with van der Waals surface area (Å²) in [6, 6.07) is 13.3. The smallest absolute Gasteiger partial charge is 0.335 e. The molecule has 2 aromatic rings. The Labute approximate surface area is 122 Å². The molecule has 0 aliphatic rings. The van der Waals surface area contributed by atoms with Gasteiger partial charge in [0, 0.05) is 18.4 Å². The molecule has 0 fully saturated rings. The third kappa shape index (κ3) is 3.60. The maximum absolute atomic E-state index is 12.1. The number of amides is 2. The summed E-state index contributed by atoms with van der Waals surface area (Å²) in [5.74, 6) is -0.992. The number of carbonyl (C=O) groups is 2. The van der Waals surface area contributed by atoms with Gasteiger partial charge in [-0.3, -0.25) is 4.90 Å². The predicted molar refractivity (Wildman–Crippen MR) is 82.0 cm³/mol. The number of nitrogens with zero attached hydrogens (tertiary/aromatic N) is 1. The van der Waals surface area contributed by atoms with Gasteiger partial charge in [0.2, 0.25) is 0 Å². The van der Waals surface area contributed by atoms with Gasteiger partial charge in [0.1, 0.15) is 0 Å². The summed E-state index contributed by atoms with van der Waals surface area (Å²) in [5, 5.41) is 11.6. The molecule has 5 heteroatoms. The maximum atomic E-state index is 12.1. The fourth-order valence-electron chi connectivity index (χ4n) is 1.79. The van der Waals surface area contributed by atoms with Crippen LogP contribution < -0.4 is 10.2 Å². The minimum Gasteiger partial charge on any atom is -0.478 e. The lowest BCUT2D eigenvalue weighted by molar-refractivity contribution is 0.0697. The van der Waals surface area contributed by atoms with Gasteiger partial charge in [0.25, 0.3) is 0 Å². The Morgan fingerprint density at radius 2 is 1.57 bits per heavy atom. The highest BCUT2D eigenvalue weighted by Crippen LogP contribution is 2.16. The van der Waals surface area contributed by atoms with E-state index in [0.29, 0.717) is 11.4 Å². The van der Waals surface area contributed by atoms with Gasteiger partial charge < -0.3 is 10.4 Å². The van der Waals surface area contributed by atoms with Crippen molar-refractivity contribution in [3.8, 4) is 0 Å². The van der Waals surface area contributed by atoms with Gasteiger partial charge in [-0.1, -0.05) is 17.7 Å². The van der Waals surface area contributed by atoms with E-state index in [2.05, 4.69) is 5.32 Å². The van der Waals surface area contributed by atoms with Crippen LogP contribution in [0.25, 0.3) is 0 Å². The van der Waals surface area contributed by atoms with E-state index in [4.69, 9.17) is 5.11 Å². The summed E-state index contributed by atoms with van der Waals surface area (Å²) < 4.78 is 0. The fraction of sp³-hybridized carbons (Fsp3) is 0.125. The van der Waals surface area contributed by atoms with E-state index in [1.807, 2.05) is 31.2 Å². The number of benzene rings is 2. The molecule has 0 radical (unpaired) electrons. The van der Waals surface area contributed by atoms with E-state index in [0.717, 1.165) is 5.56 Å². The Morgan fingerprint density at radius 3 is 2.10 bits per heavy atom. The molecule has 108 valence electrons. The van der Waals surface area contributed by atoms with Gasteiger partial charge in [0.05, 0.1) is 5.56 Å². The summed E-state index contributed by atoms with van der Waals surface area (Å²) in [6.45, 7) is 1.97. The van der Waals surface area contributed by atoms with Crippen LogP contribution in [0.4, 0.5) is 16.2 Å². The molecule has 5 nitrogen and oxygen atoms in total. The quantitative estimate of drug-likeness (QED) is 0.908. The predicted octanol–water partition coefficient (Wildman–Crippen LogP) is 3.36. The van der Waals surface area contributed by atoms with Crippen molar-refractivity contribution in [2.45, 2.75) is 6.92 Å². The van der Waals surface area contributed by atoms with E-state index in [9.17, 15) is 9.59 Å². The first-order valence-electron chi connectivity index (χ1n) is 6.42. The number of carbonyl (C=O) groups excluding carboxylic acids is 1. The Hall–Kier alpha value is -2.82. The summed E-state index contributed by atoms with van der Waals surface area (Å²) in [6.07, 6.45) is 0. The van der Waals surface area contributed by atoms with Crippen molar-refractivity contribution < 1.29 is 14.7 Å². The number of hydrogen-bond donors (Lipinski definition) is 2. The number of carboxylic acids is 1. The van der Waals surface area contributed by atoms with Gasteiger partial charge in [-0.2, -0.15) is 0 Å². The van der Waals surface area contributed by atoms with Crippen molar-refractivity contribution in [1.29, 1.82) is 0 Å². The molecule has 21 heavy (non-hydrogen) atoms. The zero-order valence-corrected chi connectivity index (χ0v) is 11.8. The lowest BCUT2D eigenvalue weighted by Gasteiger charge is -2.18. The summed E-state index contributed by atoms with van der Waals surface area (Å²) >= 11 is 0. The molecule has 0 aliphatic carbocycles. The highest BCUT2D eigenvalue weighted by molar-refractivity contribution is 6.01. The van der Waals surface area contributed by atoms with Crippen LogP contribution in [0.5, 0.6) is 0 Å². The number of rotatable bonds is 3. The first kappa shape index (κ1) is 14.6. The van der Waals surface area contributed by atoms with Crippen molar-refractivity contribution in [3.63, 3.8) is 0 Å². The van der Waals surface area contributed by atoms with Crippen LogP contribution in [-0.4, -0.2) is 24.2 Å². The van der Waals surface area contributed by atoms with Crippen molar-refractivity contribution in [3.05, 3.63) is 59.7 Å². The SMILES string of the molecule is Cc1ccc(NC(=O)N(C)c2ccc(C(=O)O)cc2)cc1. The zero-order valence-electron chi connectivity index (χ0n) is 11.8. The van der Waals surface area contributed by atoms with Crippen LogP contribution >= 0.6 is 0 Å². The second-order valence-corrected chi connectivity index (χ2v) is 4.71. The van der Waals surface area contributed by atoms with E-state index < -0.39 is 5.97 Å². The second kappa shape index (κ2) is 6.09. The first-order chi connectivity index (χ1) is 9.97. The number of carboxylic acid groups (broad SMARTS) is 1. The minimum absolute atomic E-state index is 0.186. The zero-order chi connectivity index (χ0) is 15.4. The Balaban J connectivity index is 2.08. The second-order valence-electron chi connectivity index (χ2n) is 4.71. The molecule has 0 aliphatic heterocycles. The molecule has 0 atom stereocenters. The van der Waals surface area contributed by atoms with E-state index in [1.165, 1.54) is 17.0 Å². The standard InChI is InChI=1S/C16H16N2O3/c1-11-3-7-13(8-4-11)17-16(21)18(2)14-9-5-12(6-10-14)15(19)20/h3-10H,1-2H3,(H,17,21)(H,19,20). The van der Waals surface area contributed by atoms with Crippen molar-refractivity contribution in [2.75, 3.05) is 17.3 Å². The van der Waals surface area contributed by atoms with Crippen molar-refractivity contribution in [2.24, 2.45) is 0 Å². The Bertz CT molecular complexity index is 648. The van der Waals surface area contributed by atoms with Crippen molar-refractivity contribution >= 4 is 23.4 Å². The number of anilines is 2. The van der Waals surface area contributed by atoms with Crippen LogP contribution in [0, 0.1) is 6.92 Å². The van der Waals surface area contributed by atoms with Gasteiger partial charge >= 0.3 is 12.0 Å². The fourth-order valence-corrected chi connectivity index (χ4v) is 1.79. The monoisotopic (exact) mass is 284 g/mol. The third-order valence-corrected chi connectivity index (χ3v) is 3.11. The summed E-state index contributed by atoms with van der Waals surface area (Å²) in [5.41, 5.74) is 2.63. The van der Waals surface area contributed by atoms with Crippen LogP contribution in [0.1, 0.15) is 15.9 Å². The number of urea groups is 1. The highest BCUT2D eigenvalue weighted by atomic mass is 16.4. The molecule has 2 rings (SSSR count). The average Bonchev–Trinajstić information content (AvgIpc) is 2.49. The topological polar surface area (TPSA) is 69.6 Å². The number of nitrogens with one attached hydrogen (secondary N) is 1. The normalized spacial score (nSPS) is 10.0. The number of hydrogen-bond acceptors (Lipinski definition) is 2. The van der Waals surface area contributed by atoms with E-state index >= 15 is 0 Å². The molecule has 0 aromatic heterocycles. The highest BCUT2D eigenvalue weighted by Gasteiger charge is 2.11. The maximum Gasteiger partial charge on any atom is 0.335 e. The third-order valence-electron chi connectivity index (χ3n) is 3.11. The largest absolute Gasteiger partial charge is 0.478 e. The molecule has 2 N–H and O–H groups in total. The van der Waals surface area contributed by atoms with Crippen LogP contribution in [-0.2, 0) is 0 Å². The van der Waals surface area contributed by atoms with Crippen LogP contribution in [0.3, 0.4) is 0 Å². The minimum atomic E-state index is -0.992. The molecule has 0 saturated carbocycles. The molecular formula is C16H16N2O3. The van der Waals surface area contributed by atoms with Gasteiger partial charge in [-0.05, 0) is 43.3 Å². The lowest BCUT2D eigenvalue weighted by Crippen LogP contribution is -2.31. The molecule has 0 heterocycles. The molecule has 0 spiro atoms. The summed E-state index contributed by atoms with van der Waals surface area (Å²) in [4.78, 5) is 24.3. The Kier molecular flexibility index (Phi) is 4.23. The average molecular weight is 284 g/mol. The van der Waals surface area contributed by atoms with Gasteiger partial charge in [-0.15, -0.1) is 0 Å². The number of aryl methyl sites for hydroxylation is 1. The van der Waals surface area contributed by atoms with Crippen LogP contribution in [0.15, 0.2) is 48.5 Å². The van der Waals surface area contributed by atoms with E-state index in [1.54, 1.807) is 19.2 Å². The Morgan fingerprint density at radius 1 is 1.00 bits per heavy atom. The molecule has 0 unspecified atom stereocenters. The van der Waals surface area contributed by atoms with Crippen LogP contribution in [0.2, 0.25) is 0 Å². The molecule has 0 bridgehead atoms. The van der Waals surface area contributed by atoms with E-state index in [-0.39, 0.29) is 11.6 Å². The van der Waals surface area contributed by atoms with Crippen molar-refractivity contribution in [1.82, 2.24) is 0 Å². The molecule has 2 aromatic carbocycles. The lowest BCUT2D eigenvalue weighted by atomic mass is 10.2. The van der Waals surface area contributed by atoms with Gasteiger partial charge in [-0.25, -0.2) is 9.59 Å².